The Balaban J connectivity index is 3.30. The lowest BCUT2D eigenvalue weighted by atomic mass is 10.1. The first-order chi connectivity index (χ1) is 6.07. The highest BCUT2D eigenvalue weighted by Gasteiger charge is 2.17. The van der Waals surface area contributed by atoms with Gasteiger partial charge in [0.1, 0.15) is 0 Å². The fraction of sp³-hybridized carbons (Fsp3) is 0.375. The number of rotatable bonds is 2. The second-order valence-corrected chi connectivity index (χ2v) is 2.93. The van der Waals surface area contributed by atoms with Gasteiger partial charge in [0.25, 0.3) is 5.88 Å². The van der Waals surface area contributed by atoms with Gasteiger partial charge in [0.2, 0.25) is 0 Å². The van der Waals surface area contributed by atoms with E-state index < -0.39 is 11.9 Å². The molecule has 0 aliphatic rings. The van der Waals surface area contributed by atoms with Crippen LogP contribution in [-0.4, -0.2) is 17.2 Å². The smallest absolute Gasteiger partial charge is 0.250 e. The molecule has 0 aliphatic carbocycles. The zero-order valence-electron chi connectivity index (χ0n) is 7.21. The topological polar surface area (TPSA) is 42.4 Å². The van der Waals surface area contributed by atoms with Crippen LogP contribution in [0.3, 0.4) is 0 Å². The van der Waals surface area contributed by atoms with Crippen molar-refractivity contribution in [1.82, 2.24) is 4.98 Å². The molecule has 0 fully saturated rings. The first-order valence-corrected chi connectivity index (χ1v) is 4.01. The van der Waals surface area contributed by atoms with Crippen molar-refractivity contribution < 1.29 is 14.2 Å². The molecular formula is C8H9ClFNO2. The van der Waals surface area contributed by atoms with Crippen LogP contribution in [0.4, 0.5) is 4.39 Å². The SMILES string of the molecule is COc1ncc(Cl)c(C(C)O)c1F. The minimum atomic E-state index is -0.982. The number of ether oxygens (including phenoxy) is 1. The van der Waals surface area contributed by atoms with Crippen molar-refractivity contribution in [1.29, 1.82) is 0 Å². The van der Waals surface area contributed by atoms with Gasteiger partial charge in [0.05, 0.1) is 24.4 Å². The molecule has 3 nitrogen and oxygen atoms in total. The summed E-state index contributed by atoms with van der Waals surface area (Å²) in [4.78, 5) is 3.60. The van der Waals surface area contributed by atoms with Gasteiger partial charge in [0.15, 0.2) is 5.82 Å². The Bertz CT molecular complexity index is 317. The van der Waals surface area contributed by atoms with Gasteiger partial charge in [-0.3, -0.25) is 0 Å². The van der Waals surface area contributed by atoms with E-state index >= 15 is 0 Å². The molecule has 0 radical (unpaired) electrons. The summed E-state index contributed by atoms with van der Waals surface area (Å²) in [5.41, 5.74) is 0.00789. The van der Waals surface area contributed by atoms with Crippen molar-refractivity contribution in [3.63, 3.8) is 0 Å². The van der Waals surface area contributed by atoms with Crippen LogP contribution < -0.4 is 4.74 Å². The molecule has 1 rings (SSSR count). The van der Waals surface area contributed by atoms with Crippen LogP contribution in [0.15, 0.2) is 6.20 Å². The Labute approximate surface area is 80.1 Å². The van der Waals surface area contributed by atoms with Crippen LogP contribution in [0.25, 0.3) is 0 Å². The van der Waals surface area contributed by atoms with Crippen LogP contribution >= 0.6 is 11.6 Å². The molecule has 5 heteroatoms. The summed E-state index contributed by atoms with van der Waals surface area (Å²) < 4.78 is 18.0. The number of pyridine rings is 1. The van der Waals surface area contributed by atoms with Crippen molar-refractivity contribution in [3.8, 4) is 5.88 Å². The molecule has 0 spiro atoms. The van der Waals surface area contributed by atoms with Crippen LogP contribution in [0.5, 0.6) is 5.88 Å². The monoisotopic (exact) mass is 205 g/mol. The second kappa shape index (κ2) is 3.89. The number of aliphatic hydroxyl groups excluding tert-OH is 1. The minimum Gasteiger partial charge on any atom is -0.479 e. The average Bonchev–Trinajstić information content (AvgIpc) is 2.04. The number of hydrogen-bond donors (Lipinski definition) is 1. The van der Waals surface area contributed by atoms with Gasteiger partial charge in [-0.1, -0.05) is 11.6 Å². The van der Waals surface area contributed by atoms with E-state index in [2.05, 4.69) is 9.72 Å². The Morgan fingerprint density at radius 2 is 2.31 bits per heavy atom. The third kappa shape index (κ3) is 1.89. The molecule has 1 N–H and O–H groups in total. The van der Waals surface area contributed by atoms with E-state index in [1.54, 1.807) is 0 Å². The highest BCUT2D eigenvalue weighted by atomic mass is 35.5. The van der Waals surface area contributed by atoms with Gasteiger partial charge in [0, 0.05) is 5.56 Å². The van der Waals surface area contributed by atoms with Gasteiger partial charge in [-0.25, -0.2) is 9.37 Å². The summed E-state index contributed by atoms with van der Waals surface area (Å²) in [6.07, 6.45) is 0.260. The Hall–Kier alpha value is -0.870. The van der Waals surface area contributed by atoms with Crippen LogP contribution in [0.2, 0.25) is 5.02 Å². The molecule has 0 saturated carbocycles. The summed E-state index contributed by atoms with van der Waals surface area (Å²) in [6, 6.07) is 0. The van der Waals surface area contributed by atoms with Gasteiger partial charge in [-0.05, 0) is 6.92 Å². The van der Waals surface area contributed by atoms with Crippen LogP contribution in [0.1, 0.15) is 18.6 Å². The van der Waals surface area contributed by atoms with E-state index in [0.29, 0.717) is 0 Å². The van der Waals surface area contributed by atoms with Crippen LogP contribution in [0, 0.1) is 5.82 Å². The summed E-state index contributed by atoms with van der Waals surface area (Å²) in [7, 11) is 1.30. The van der Waals surface area contributed by atoms with Crippen molar-refractivity contribution >= 4 is 11.6 Å². The Kier molecular flexibility index (Phi) is 3.06. The van der Waals surface area contributed by atoms with Gasteiger partial charge in [-0.15, -0.1) is 0 Å². The fourth-order valence-electron chi connectivity index (χ4n) is 0.987. The molecular weight excluding hydrogens is 197 g/mol. The van der Waals surface area contributed by atoms with E-state index in [-0.39, 0.29) is 16.5 Å². The van der Waals surface area contributed by atoms with E-state index in [0.717, 1.165) is 0 Å². The van der Waals surface area contributed by atoms with Crippen molar-refractivity contribution in [2.24, 2.45) is 0 Å². The lowest BCUT2D eigenvalue weighted by Gasteiger charge is -2.10. The molecule has 0 amide bonds. The number of aromatic nitrogens is 1. The second-order valence-electron chi connectivity index (χ2n) is 2.52. The first-order valence-electron chi connectivity index (χ1n) is 3.64. The zero-order chi connectivity index (χ0) is 10.0. The molecule has 0 aliphatic heterocycles. The summed E-state index contributed by atoms with van der Waals surface area (Å²) in [5, 5.41) is 9.29. The van der Waals surface area contributed by atoms with Crippen molar-refractivity contribution in [3.05, 3.63) is 22.6 Å². The zero-order valence-corrected chi connectivity index (χ0v) is 7.97. The Morgan fingerprint density at radius 3 is 2.77 bits per heavy atom. The first kappa shape index (κ1) is 10.2. The predicted octanol–water partition coefficient (Wildman–Crippen LogP) is 1.94. The van der Waals surface area contributed by atoms with Crippen LogP contribution in [-0.2, 0) is 0 Å². The molecule has 0 saturated heterocycles. The summed E-state index contributed by atoms with van der Waals surface area (Å²) in [6.45, 7) is 1.42. The standard InChI is InChI=1S/C8H9ClFNO2/c1-4(12)6-5(9)3-11-8(13-2)7(6)10/h3-4,12H,1-2H3. The average molecular weight is 206 g/mol. The van der Waals surface area contributed by atoms with Crippen molar-refractivity contribution in [2.45, 2.75) is 13.0 Å². The third-order valence-electron chi connectivity index (χ3n) is 1.59. The molecule has 1 unspecified atom stereocenters. The molecule has 13 heavy (non-hydrogen) atoms. The largest absolute Gasteiger partial charge is 0.479 e. The van der Waals surface area contributed by atoms with E-state index in [9.17, 15) is 9.50 Å². The van der Waals surface area contributed by atoms with E-state index in [4.69, 9.17) is 11.6 Å². The van der Waals surface area contributed by atoms with E-state index in [1.807, 2.05) is 0 Å². The predicted molar refractivity (Wildman–Crippen MR) is 46.4 cm³/mol. The fourth-order valence-corrected chi connectivity index (χ4v) is 1.28. The normalized spacial score (nSPS) is 12.7. The molecule has 1 heterocycles. The maximum atomic E-state index is 13.4. The molecule has 0 bridgehead atoms. The maximum Gasteiger partial charge on any atom is 0.250 e. The van der Waals surface area contributed by atoms with Gasteiger partial charge < -0.3 is 9.84 Å². The quantitative estimate of drug-likeness (QED) is 0.802. The maximum absolute atomic E-state index is 13.4. The molecule has 0 aromatic carbocycles. The van der Waals surface area contributed by atoms with Gasteiger partial charge in [-0.2, -0.15) is 0 Å². The number of methoxy groups -OCH3 is 1. The minimum absolute atomic E-state index is 0.00789. The molecule has 1 aromatic heterocycles. The molecule has 1 aromatic rings. The lowest BCUT2D eigenvalue weighted by molar-refractivity contribution is 0.192. The third-order valence-corrected chi connectivity index (χ3v) is 1.89. The number of halogens is 2. The van der Waals surface area contributed by atoms with E-state index in [1.165, 1.54) is 20.2 Å². The highest BCUT2D eigenvalue weighted by Crippen LogP contribution is 2.29. The lowest BCUT2D eigenvalue weighted by Crippen LogP contribution is -2.01. The molecule has 72 valence electrons. The highest BCUT2D eigenvalue weighted by molar-refractivity contribution is 6.31. The summed E-state index contributed by atoms with van der Waals surface area (Å²) in [5.74, 6) is -0.884. The Morgan fingerprint density at radius 1 is 1.69 bits per heavy atom. The summed E-state index contributed by atoms with van der Waals surface area (Å²) >= 11 is 5.64. The number of aliphatic hydroxyl groups is 1. The molecule has 1 atom stereocenters. The number of hydrogen-bond acceptors (Lipinski definition) is 3. The number of nitrogens with zero attached hydrogens (tertiary/aromatic N) is 1. The van der Waals surface area contributed by atoms with Crippen molar-refractivity contribution in [2.75, 3.05) is 7.11 Å². The van der Waals surface area contributed by atoms with Gasteiger partial charge >= 0.3 is 0 Å².